The fraction of sp³-hybridized carbons (Fsp3) is 0.686. The standard InChI is InChI=1S/C51H64O37/c1-16(52)69-31-30(15-68-45(66)38-33(71-18(3)54)35(73-20(5)56)41(77-24(9)60)47(84-38)81-28(13)64)83-49(40(76-23(8)59)32(31)70-17(2)53)87-51-44(80-27(12)63)37(75-22(7)58)43(79-26(11)62)50(88-51)86-46(67)39-34(72-19(4)55)36(74-21(6)57)42(78-25(10)61)48(85-39)82-29(14)65/h30-44,47-51H,15H2,1-14H3/t30?,31-,32?,33+,34-,35-,36?,37-,38?,39?,40?,41?,42+,43+,44?,47+,48-,49-,50?,51+/m0/s1. The van der Waals surface area contributed by atoms with Gasteiger partial charge in [-0.05, 0) is 0 Å². The van der Waals surface area contributed by atoms with Gasteiger partial charge in [0.2, 0.25) is 49.8 Å². The summed E-state index contributed by atoms with van der Waals surface area (Å²) in [5, 5.41) is 0. The van der Waals surface area contributed by atoms with Crippen LogP contribution in [0.2, 0.25) is 0 Å². The molecule has 0 radical (unpaired) electrons. The molecule has 0 bridgehead atoms. The van der Waals surface area contributed by atoms with E-state index in [2.05, 4.69) is 0 Å². The smallest absolute Gasteiger partial charge is 0.341 e. The Morgan fingerprint density at radius 3 is 0.773 bits per heavy atom. The van der Waals surface area contributed by atoms with Crippen LogP contribution in [0.15, 0.2) is 0 Å². The quantitative estimate of drug-likeness (QED) is 0.0830. The van der Waals surface area contributed by atoms with E-state index in [1.54, 1.807) is 0 Å². The molecule has 4 fully saturated rings. The number of carbonyl (C=O) groups excluding carboxylic acids is 16. The summed E-state index contributed by atoms with van der Waals surface area (Å²) in [7, 11) is 0. The van der Waals surface area contributed by atoms with Gasteiger partial charge < -0.3 is 99.5 Å². The van der Waals surface area contributed by atoms with Crippen LogP contribution < -0.4 is 0 Å². The topological polar surface area (TPSA) is 467 Å². The summed E-state index contributed by atoms with van der Waals surface area (Å²) in [5.41, 5.74) is 0. The molecule has 4 heterocycles. The Morgan fingerprint density at radius 2 is 0.455 bits per heavy atom. The number of carbonyl (C=O) groups is 16. The first kappa shape index (κ1) is 71.8. The van der Waals surface area contributed by atoms with Gasteiger partial charge in [-0.25, -0.2) is 9.59 Å². The lowest BCUT2D eigenvalue weighted by Gasteiger charge is -2.48. The first-order valence-corrected chi connectivity index (χ1v) is 26.0. The minimum atomic E-state index is -2.57. The van der Waals surface area contributed by atoms with E-state index < -0.39 is 225 Å². The lowest BCUT2D eigenvalue weighted by atomic mass is 9.97. The van der Waals surface area contributed by atoms with Gasteiger partial charge in [0.15, 0.2) is 67.1 Å². The molecule has 0 spiro atoms. The van der Waals surface area contributed by atoms with Crippen LogP contribution in [-0.4, -0.2) is 225 Å². The lowest BCUT2D eigenvalue weighted by molar-refractivity contribution is -0.395. The highest BCUT2D eigenvalue weighted by molar-refractivity contribution is 5.79. The Labute approximate surface area is 497 Å². The number of hydrogen-bond acceptors (Lipinski definition) is 37. The maximum atomic E-state index is 14.7. The summed E-state index contributed by atoms with van der Waals surface area (Å²) in [6, 6.07) is 0. The molecule has 0 aliphatic carbocycles. The summed E-state index contributed by atoms with van der Waals surface area (Å²) in [6.45, 7) is 10.5. The van der Waals surface area contributed by atoms with Gasteiger partial charge in [0.25, 0.3) is 0 Å². The van der Waals surface area contributed by atoms with Crippen molar-refractivity contribution < 1.29 is 176 Å². The monoisotopic (exact) mass is 1270 g/mol. The molecule has 37 heteroatoms. The molecule has 20 atom stereocenters. The van der Waals surface area contributed by atoms with Gasteiger partial charge >= 0.3 is 95.5 Å². The van der Waals surface area contributed by atoms with Gasteiger partial charge in [0.1, 0.15) is 12.7 Å². The van der Waals surface area contributed by atoms with Crippen LogP contribution in [0.3, 0.4) is 0 Å². The zero-order valence-electron chi connectivity index (χ0n) is 49.4. The molecule has 0 aromatic heterocycles. The fourth-order valence-corrected chi connectivity index (χ4v) is 9.05. The van der Waals surface area contributed by atoms with E-state index in [4.69, 9.17) is 99.5 Å². The van der Waals surface area contributed by atoms with Crippen LogP contribution in [0.25, 0.3) is 0 Å². The normalized spacial score (nSPS) is 31.5. The molecule has 0 saturated carbocycles. The van der Waals surface area contributed by atoms with Crippen molar-refractivity contribution >= 4 is 95.5 Å². The van der Waals surface area contributed by atoms with Crippen molar-refractivity contribution in [3.63, 3.8) is 0 Å². The number of ether oxygens (including phenoxy) is 21. The minimum absolute atomic E-state index is 0.797. The van der Waals surface area contributed by atoms with Crippen molar-refractivity contribution in [3.05, 3.63) is 0 Å². The van der Waals surface area contributed by atoms with Gasteiger partial charge in [-0.1, -0.05) is 0 Å². The van der Waals surface area contributed by atoms with Crippen molar-refractivity contribution in [3.8, 4) is 0 Å². The minimum Gasteiger partial charge on any atom is -0.461 e. The Kier molecular flexibility index (Phi) is 26.0. The molecule has 4 rings (SSSR count). The second-order valence-corrected chi connectivity index (χ2v) is 19.1. The third kappa shape index (κ3) is 20.5. The molecule has 9 unspecified atom stereocenters. The van der Waals surface area contributed by atoms with Crippen LogP contribution in [-0.2, 0) is 176 Å². The molecule has 0 N–H and O–H groups in total. The maximum Gasteiger partial charge on any atom is 0.341 e. The summed E-state index contributed by atoms with van der Waals surface area (Å²) >= 11 is 0. The molecule has 0 aromatic carbocycles. The van der Waals surface area contributed by atoms with E-state index in [1.807, 2.05) is 0 Å². The molecule has 37 nitrogen and oxygen atoms in total. The zero-order chi connectivity index (χ0) is 66.3. The molecule has 490 valence electrons. The van der Waals surface area contributed by atoms with E-state index in [9.17, 15) is 76.7 Å². The Morgan fingerprint density at radius 1 is 0.227 bits per heavy atom. The summed E-state index contributed by atoms with van der Waals surface area (Å²) in [4.78, 5) is 206. The molecular weight excluding hydrogens is 1200 g/mol. The van der Waals surface area contributed by atoms with Crippen molar-refractivity contribution in [2.75, 3.05) is 6.61 Å². The highest BCUT2D eigenvalue weighted by Crippen LogP contribution is 2.38. The molecule has 4 aliphatic rings. The third-order valence-electron chi connectivity index (χ3n) is 11.6. The van der Waals surface area contributed by atoms with Crippen LogP contribution in [0, 0.1) is 0 Å². The predicted molar refractivity (Wildman–Crippen MR) is 263 cm³/mol. The lowest BCUT2D eigenvalue weighted by Crippen LogP contribution is -2.67. The second-order valence-electron chi connectivity index (χ2n) is 19.1. The van der Waals surface area contributed by atoms with E-state index in [0.717, 1.165) is 96.9 Å². The van der Waals surface area contributed by atoms with Gasteiger partial charge in [-0.3, -0.25) is 67.1 Å². The summed E-state index contributed by atoms with van der Waals surface area (Å²) in [5.74, 6) is -19.8. The summed E-state index contributed by atoms with van der Waals surface area (Å²) in [6.07, 6.45) is -44.0. The molecule has 88 heavy (non-hydrogen) atoms. The average Bonchev–Trinajstić information content (AvgIpc) is 1.57. The summed E-state index contributed by atoms with van der Waals surface area (Å²) < 4.78 is 116. The predicted octanol–water partition coefficient (Wildman–Crippen LogP) is -2.75. The second kappa shape index (κ2) is 31.8. The van der Waals surface area contributed by atoms with E-state index in [-0.39, 0.29) is 0 Å². The Bertz CT molecular complexity index is 2680. The van der Waals surface area contributed by atoms with Crippen LogP contribution in [0.5, 0.6) is 0 Å². The fourth-order valence-electron chi connectivity index (χ4n) is 9.05. The molecule has 0 amide bonds. The van der Waals surface area contributed by atoms with Crippen LogP contribution in [0.4, 0.5) is 0 Å². The van der Waals surface area contributed by atoms with Gasteiger partial charge in [-0.2, -0.15) is 0 Å². The van der Waals surface area contributed by atoms with Crippen molar-refractivity contribution in [1.29, 1.82) is 0 Å². The van der Waals surface area contributed by atoms with Crippen molar-refractivity contribution in [1.82, 2.24) is 0 Å². The number of rotatable bonds is 21. The number of hydrogen-bond donors (Lipinski definition) is 0. The molecule has 0 aromatic rings. The highest BCUT2D eigenvalue weighted by atomic mass is 16.9. The first-order chi connectivity index (χ1) is 41.0. The van der Waals surface area contributed by atoms with Crippen molar-refractivity contribution in [2.45, 2.75) is 220 Å². The molecule has 4 aliphatic heterocycles. The SMILES string of the molecule is CC(=O)OC1C(OC(C)=O)[C@@H](OC(C)=O)C(COC(=O)C2O[C@@H](OC(C)=O)C(OC(C)=O)[C@@H](OC(C)=O)[C@H]2OC(C)=O)O[C@H]1O[C@@H]1OC(OC(=O)C2O[C@H](OC(C)=O)[C@H](OC(C)=O)C(OC(C)=O)[C@@H]2OC(C)=O)[C@H](OC(C)=O)[C@H](OC(C)=O)C1OC(C)=O. The largest absolute Gasteiger partial charge is 0.461 e. The molecule has 4 saturated heterocycles. The highest BCUT2D eigenvalue weighted by Gasteiger charge is 2.62. The average molecular weight is 1270 g/mol. The third-order valence-corrected chi connectivity index (χ3v) is 11.6. The van der Waals surface area contributed by atoms with Crippen molar-refractivity contribution in [2.24, 2.45) is 0 Å². The van der Waals surface area contributed by atoms with Crippen LogP contribution in [0.1, 0.15) is 96.9 Å². The van der Waals surface area contributed by atoms with E-state index in [0.29, 0.717) is 0 Å². The van der Waals surface area contributed by atoms with Gasteiger partial charge in [0, 0.05) is 96.9 Å². The zero-order valence-corrected chi connectivity index (χ0v) is 49.4. The first-order valence-electron chi connectivity index (χ1n) is 26.0. The maximum absolute atomic E-state index is 14.7. The molecular formula is C51H64O37. The van der Waals surface area contributed by atoms with Crippen LogP contribution >= 0.6 is 0 Å². The number of esters is 16. The van der Waals surface area contributed by atoms with Gasteiger partial charge in [0.05, 0.1) is 0 Å². The van der Waals surface area contributed by atoms with Gasteiger partial charge in [-0.15, -0.1) is 0 Å². The van der Waals surface area contributed by atoms with E-state index >= 15 is 0 Å². The Balaban J connectivity index is 1.93. The van der Waals surface area contributed by atoms with E-state index in [1.165, 1.54) is 0 Å². The Hall–Kier alpha value is -8.68.